The molecule has 4 heterocycles. The molecular formula is C19H18N2O4. The van der Waals surface area contributed by atoms with Crippen molar-refractivity contribution >= 4 is 11.5 Å². The molecule has 0 aliphatic carbocycles. The molecule has 3 aromatic heterocycles. The van der Waals surface area contributed by atoms with Crippen molar-refractivity contribution in [3.05, 3.63) is 75.1 Å². The number of hydrogen-bond acceptors (Lipinski definition) is 4. The Morgan fingerprint density at radius 1 is 1.32 bits per heavy atom. The number of fused-ring (bicyclic) bond motifs is 2. The Labute approximate surface area is 143 Å². The van der Waals surface area contributed by atoms with Gasteiger partial charge in [-0.25, -0.2) is 4.79 Å². The maximum absolute atomic E-state index is 12.3. The summed E-state index contributed by atoms with van der Waals surface area (Å²) < 4.78 is 7.16. The quantitative estimate of drug-likeness (QED) is 0.794. The van der Waals surface area contributed by atoms with Gasteiger partial charge in [0, 0.05) is 19.3 Å². The number of aromatic carboxylic acids is 1. The van der Waals surface area contributed by atoms with Crippen molar-refractivity contribution in [1.29, 1.82) is 0 Å². The average Bonchev–Trinajstić information content (AvgIpc) is 2.96. The first kappa shape index (κ1) is 15.7. The minimum Gasteiger partial charge on any atom is -0.477 e. The molecule has 25 heavy (non-hydrogen) atoms. The number of furan rings is 1. The third kappa shape index (κ3) is 2.74. The van der Waals surface area contributed by atoms with Crippen molar-refractivity contribution < 1.29 is 14.3 Å². The maximum atomic E-state index is 12.3. The van der Waals surface area contributed by atoms with E-state index in [0.717, 1.165) is 35.6 Å². The van der Waals surface area contributed by atoms with Gasteiger partial charge in [-0.1, -0.05) is 6.07 Å². The maximum Gasteiger partial charge on any atom is 0.341 e. The van der Waals surface area contributed by atoms with Crippen molar-refractivity contribution in [3.63, 3.8) is 0 Å². The van der Waals surface area contributed by atoms with Crippen LogP contribution in [0.2, 0.25) is 0 Å². The smallest absolute Gasteiger partial charge is 0.341 e. The highest BCUT2D eigenvalue weighted by molar-refractivity contribution is 5.88. The zero-order valence-electron chi connectivity index (χ0n) is 13.9. The van der Waals surface area contributed by atoms with E-state index in [2.05, 4.69) is 11.0 Å². The van der Waals surface area contributed by atoms with Gasteiger partial charge in [0.25, 0.3) is 5.56 Å². The predicted molar refractivity (Wildman–Crippen MR) is 91.9 cm³/mol. The molecule has 0 amide bonds. The minimum atomic E-state index is -1.20. The summed E-state index contributed by atoms with van der Waals surface area (Å²) in [5.74, 6) is 0.684. The number of rotatable bonds is 3. The third-order valence-corrected chi connectivity index (χ3v) is 4.67. The number of pyridine rings is 2. The zero-order chi connectivity index (χ0) is 17.6. The number of aryl methyl sites for hydroxylation is 1. The highest BCUT2D eigenvalue weighted by Crippen LogP contribution is 2.24. The van der Waals surface area contributed by atoms with Gasteiger partial charge in [0.15, 0.2) is 0 Å². The first-order valence-electron chi connectivity index (χ1n) is 8.20. The Bertz CT molecular complexity index is 1030. The van der Waals surface area contributed by atoms with Crippen molar-refractivity contribution in [3.8, 4) is 0 Å². The number of nitrogens with zero attached hydrogens (tertiary/aromatic N) is 2. The number of carboxylic acid groups (broad SMARTS) is 1. The van der Waals surface area contributed by atoms with Crippen LogP contribution in [0, 0.1) is 6.92 Å². The molecule has 4 rings (SSSR count). The van der Waals surface area contributed by atoms with E-state index < -0.39 is 11.5 Å². The summed E-state index contributed by atoms with van der Waals surface area (Å²) in [4.78, 5) is 26.0. The molecule has 0 bridgehead atoms. The average molecular weight is 338 g/mol. The Balaban J connectivity index is 1.73. The molecule has 0 unspecified atom stereocenters. The van der Waals surface area contributed by atoms with Gasteiger partial charge in [-0.3, -0.25) is 14.1 Å². The van der Waals surface area contributed by atoms with Crippen LogP contribution in [-0.2, 0) is 19.5 Å². The summed E-state index contributed by atoms with van der Waals surface area (Å²) in [5, 5.41) is 9.35. The van der Waals surface area contributed by atoms with E-state index in [1.54, 1.807) is 12.3 Å². The second kappa shape index (κ2) is 5.89. The normalized spacial score (nSPS) is 14.6. The van der Waals surface area contributed by atoms with Crippen LogP contribution in [0.1, 0.15) is 33.0 Å². The molecule has 0 atom stereocenters. The summed E-state index contributed by atoms with van der Waals surface area (Å²) >= 11 is 0. The van der Waals surface area contributed by atoms with E-state index in [9.17, 15) is 14.7 Å². The molecule has 128 valence electrons. The molecule has 1 N–H and O–H groups in total. The fourth-order valence-corrected chi connectivity index (χ4v) is 3.50. The Hall–Kier alpha value is -2.86. The monoisotopic (exact) mass is 338 g/mol. The van der Waals surface area contributed by atoms with Crippen LogP contribution in [0.25, 0.3) is 5.52 Å². The molecule has 0 saturated carbocycles. The van der Waals surface area contributed by atoms with Crippen molar-refractivity contribution in [1.82, 2.24) is 9.30 Å². The summed E-state index contributed by atoms with van der Waals surface area (Å²) in [6, 6.07) is 9.00. The number of carboxylic acids is 1. The Morgan fingerprint density at radius 3 is 2.96 bits per heavy atom. The van der Waals surface area contributed by atoms with Crippen LogP contribution in [-0.4, -0.2) is 26.9 Å². The van der Waals surface area contributed by atoms with E-state index in [4.69, 9.17) is 4.42 Å². The van der Waals surface area contributed by atoms with Crippen LogP contribution >= 0.6 is 0 Å². The summed E-state index contributed by atoms with van der Waals surface area (Å²) in [5.41, 5.74) is 2.09. The second-order valence-corrected chi connectivity index (χ2v) is 6.42. The number of carbonyl (C=O) groups is 1. The zero-order valence-corrected chi connectivity index (χ0v) is 13.9. The lowest BCUT2D eigenvalue weighted by molar-refractivity contribution is 0.0694. The fraction of sp³-hybridized carbons (Fsp3) is 0.263. The van der Waals surface area contributed by atoms with Gasteiger partial charge in [0.05, 0.1) is 12.1 Å². The highest BCUT2D eigenvalue weighted by Gasteiger charge is 2.22. The third-order valence-electron chi connectivity index (χ3n) is 4.67. The molecule has 0 saturated heterocycles. The largest absolute Gasteiger partial charge is 0.477 e. The van der Waals surface area contributed by atoms with Crippen LogP contribution < -0.4 is 5.56 Å². The molecule has 0 fully saturated rings. The fourth-order valence-electron chi connectivity index (χ4n) is 3.50. The Kier molecular flexibility index (Phi) is 3.69. The first-order chi connectivity index (χ1) is 12.0. The molecular weight excluding hydrogens is 320 g/mol. The summed E-state index contributed by atoms with van der Waals surface area (Å²) in [6.45, 7) is 4.06. The summed E-state index contributed by atoms with van der Waals surface area (Å²) in [6.07, 6.45) is 2.51. The van der Waals surface area contributed by atoms with Crippen molar-refractivity contribution in [2.45, 2.75) is 26.4 Å². The van der Waals surface area contributed by atoms with Crippen LogP contribution in [0.3, 0.4) is 0 Å². The van der Waals surface area contributed by atoms with E-state index in [0.29, 0.717) is 13.1 Å². The van der Waals surface area contributed by atoms with Gasteiger partial charge in [-0.05, 0) is 48.7 Å². The van der Waals surface area contributed by atoms with E-state index in [1.165, 1.54) is 16.0 Å². The van der Waals surface area contributed by atoms with E-state index in [-0.39, 0.29) is 5.56 Å². The molecule has 1 aliphatic heterocycles. The predicted octanol–water partition coefficient (Wildman–Crippen LogP) is 2.46. The molecule has 0 spiro atoms. The second-order valence-electron chi connectivity index (χ2n) is 6.42. The van der Waals surface area contributed by atoms with Gasteiger partial charge in [-0.2, -0.15) is 0 Å². The standard InChI is InChI=1S/C19H18N2O4/c1-12-8-13-5-7-20(11-17(13)25-12)10-14-9-15(19(23)24)18(22)21-6-3-2-4-16(14)21/h2-4,6,8-9H,5,7,10-11H2,1H3,(H,23,24). The molecule has 6 heteroatoms. The van der Waals surface area contributed by atoms with Gasteiger partial charge in [0.2, 0.25) is 0 Å². The highest BCUT2D eigenvalue weighted by atomic mass is 16.4. The van der Waals surface area contributed by atoms with E-state index in [1.807, 2.05) is 19.1 Å². The topological polar surface area (TPSA) is 75.2 Å². The van der Waals surface area contributed by atoms with Crippen molar-refractivity contribution in [2.75, 3.05) is 6.54 Å². The molecule has 6 nitrogen and oxygen atoms in total. The lowest BCUT2D eigenvalue weighted by atomic mass is 10.1. The summed E-state index contributed by atoms with van der Waals surface area (Å²) in [7, 11) is 0. The van der Waals surface area contributed by atoms with Gasteiger partial charge in [-0.15, -0.1) is 0 Å². The number of aromatic nitrogens is 1. The Morgan fingerprint density at radius 2 is 2.16 bits per heavy atom. The first-order valence-corrected chi connectivity index (χ1v) is 8.20. The molecule has 0 radical (unpaired) electrons. The minimum absolute atomic E-state index is 0.203. The number of hydrogen-bond donors (Lipinski definition) is 1. The lowest BCUT2D eigenvalue weighted by Gasteiger charge is -2.26. The molecule has 0 aromatic carbocycles. The van der Waals surface area contributed by atoms with Gasteiger partial charge >= 0.3 is 5.97 Å². The lowest BCUT2D eigenvalue weighted by Crippen LogP contribution is -2.31. The molecule has 3 aromatic rings. The van der Waals surface area contributed by atoms with Crippen molar-refractivity contribution in [2.24, 2.45) is 0 Å². The van der Waals surface area contributed by atoms with Crippen LogP contribution in [0.5, 0.6) is 0 Å². The van der Waals surface area contributed by atoms with Crippen LogP contribution in [0.4, 0.5) is 0 Å². The van der Waals surface area contributed by atoms with Crippen LogP contribution in [0.15, 0.2) is 45.7 Å². The molecule has 1 aliphatic rings. The van der Waals surface area contributed by atoms with Gasteiger partial charge in [0.1, 0.15) is 17.1 Å². The SMILES string of the molecule is Cc1cc2c(o1)CN(Cc1cc(C(=O)O)c(=O)n3ccccc13)CC2. The van der Waals surface area contributed by atoms with Gasteiger partial charge < -0.3 is 9.52 Å². The van der Waals surface area contributed by atoms with E-state index >= 15 is 0 Å².